The maximum Gasteiger partial charge on any atom is 0.390 e. The molecule has 2 heterocycles. The van der Waals surface area contributed by atoms with Crippen LogP contribution in [-0.4, -0.2) is 27.1 Å². The van der Waals surface area contributed by atoms with Crippen LogP contribution in [0.3, 0.4) is 0 Å². The summed E-state index contributed by atoms with van der Waals surface area (Å²) < 4.78 is 41.6. The van der Waals surface area contributed by atoms with Crippen LogP contribution in [0.5, 0.6) is 0 Å². The van der Waals surface area contributed by atoms with Crippen LogP contribution < -0.4 is 5.11 Å². The molecule has 102 valence electrons. The molecule has 0 N–H and O–H groups in total. The number of halogens is 3. The standard InChI is InChI=1S/C10H8F3N3O3/c11-10(12,13)2-3-16-8(9(17)18)5-7(14-16)6-1-4-19-15-6/h1,4-5H,2-3H2,(H,17,18)/p-1. The van der Waals surface area contributed by atoms with Crippen LogP contribution in [0, 0.1) is 0 Å². The van der Waals surface area contributed by atoms with Crippen LogP contribution in [0.25, 0.3) is 11.4 Å². The van der Waals surface area contributed by atoms with E-state index in [4.69, 9.17) is 0 Å². The highest BCUT2D eigenvalue weighted by Crippen LogP contribution is 2.22. The molecule has 0 saturated carbocycles. The van der Waals surface area contributed by atoms with E-state index in [1.165, 1.54) is 12.3 Å². The fraction of sp³-hybridized carbons (Fsp3) is 0.300. The fourth-order valence-electron chi connectivity index (χ4n) is 1.45. The summed E-state index contributed by atoms with van der Waals surface area (Å²) in [5, 5.41) is 18.1. The number of carbonyl (C=O) groups is 1. The number of carboxylic acid groups (broad SMARTS) is 1. The third kappa shape index (κ3) is 3.12. The highest BCUT2D eigenvalue weighted by Gasteiger charge is 2.27. The van der Waals surface area contributed by atoms with E-state index in [1.807, 2.05) is 0 Å². The first-order chi connectivity index (χ1) is 8.87. The van der Waals surface area contributed by atoms with E-state index in [9.17, 15) is 23.1 Å². The first-order valence-corrected chi connectivity index (χ1v) is 5.13. The van der Waals surface area contributed by atoms with Crippen molar-refractivity contribution in [2.75, 3.05) is 0 Å². The summed E-state index contributed by atoms with van der Waals surface area (Å²) >= 11 is 0. The summed E-state index contributed by atoms with van der Waals surface area (Å²) in [6.07, 6.45) is -4.35. The molecule has 0 aliphatic heterocycles. The molecular formula is C10H7F3N3O3-. The van der Waals surface area contributed by atoms with Gasteiger partial charge in [0.2, 0.25) is 0 Å². The van der Waals surface area contributed by atoms with Crippen LogP contribution in [0.15, 0.2) is 22.9 Å². The van der Waals surface area contributed by atoms with E-state index in [0.29, 0.717) is 0 Å². The number of carbonyl (C=O) groups excluding carboxylic acids is 1. The molecule has 0 amide bonds. The Morgan fingerprint density at radius 1 is 1.42 bits per heavy atom. The number of rotatable bonds is 4. The summed E-state index contributed by atoms with van der Waals surface area (Å²) in [7, 11) is 0. The van der Waals surface area contributed by atoms with Crippen molar-refractivity contribution in [2.24, 2.45) is 0 Å². The molecular weight excluding hydrogens is 267 g/mol. The Morgan fingerprint density at radius 2 is 2.16 bits per heavy atom. The van der Waals surface area contributed by atoms with Crippen molar-refractivity contribution in [3.8, 4) is 11.4 Å². The second kappa shape index (κ2) is 4.75. The second-order valence-corrected chi connectivity index (χ2v) is 3.68. The minimum Gasteiger partial charge on any atom is -0.543 e. The van der Waals surface area contributed by atoms with Gasteiger partial charge in [0.05, 0.1) is 24.6 Å². The SMILES string of the molecule is O=C([O-])c1cc(-c2ccon2)nn1CCC(F)(F)F. The minimum atomic E-state index is -4.40. The molecule has 0 bridgehead atoms. The van der Waals surface area contributed by atoms with Crippen LogP contribution in [0.2, 0.25) is 0 Å². The highest BCUT2D eigenvalue weighted by molar-refractivity contribution is 5.85. The van der Waals surface area contributed by atoms with Gasteiger partial charge in [0.25, 0.3) is 0 Å². The lowest BCUT2D eigenvalue weighted by molar-refractivity contribution is -0.256. The quantitative estimate of drug-likeness (QED) is 0.825. The summed E-state index contributed by atoms with van der Waals surface area (Å²) in [6, 6.07) is 2.50. The summed E-state index contributed by atoms with van der Waals surface area (Å²) in [5.74, 6) is -1.61. The maximum atomic E-state index is 12.1. The Morgan fingerprint density at radius 3 is 2.68 bits per heavy atom. The summed E-state index contributed by atoms with van der Waals surface area (Å²) in [4.78, 5) is 10.8. The molecule has 0 aliphatic carbocycles. The Bertz CT molecular complexity index is 575. The van der Waals surface area contributed by atoms with Gasteiger partial charge in [0.15, 0.2) is 0 Å². The van der Waals surface area contributed by atoms with Gasteiger partial charge in [-0.3, -0.25) is 4.68 Å². The number of aromatic carboxylic acids is 1. The lowest BCUT2D eigenvalue weighted by Crippen LogP contribution is -2.26. The largest absolute Gasteiger partial charge is 0.543 e. The van der Waals surface area contributed by atoms with Crippen LogP contribution in [0.4, 0.5) is 13.2 Å². The second-order valence-electron chi connectivity index (χ2n) is 3.68. The monoisotopic (exact) mass is 274 g/mol. The Balaban J connectivity index is 2.29. The summed E-state index contributed by atoms with van der Waals surface area (Å²) in [6.45, 7) is -0.606. The number of aryl methyl sites for hydroxylation is 1. The number of carboxylic acids is 1. The number of hydrogen-bond acceptors (Lipinski definition) is 5. The molecule has 19 heavy (non-hydrogen) atoms. The molecule has 0 radical (unpaired) electrons. The first-order valence-electron chi connectivity index (χ1n) is 5.13. The van der Waals surface area contributed by atoms with Gasteiger partial charge in [-0.1, -0.05) is 5.16 Å². The van der Waals surface area contributed by atoms with Crippen molar-refractivity contribution in [2.45, 2.75) is 19.1 Å². The normalized spacial score (nSPS) is 11.7. The molecule has 2 aromatic heterocycles. The Labute approximate surface area is 104 Å². The van der Waals surface area contributed by atoms with Crippen LogP contribution >= 0.6 is 0 Å². The Hall–Kier alpha value is -2.32. The molecule has 0 fully saturated rings. The van der Waals surface area contributed by atoms with Crippen LogP contribution in [0.1, 0.15) is 16.9 Å². The highest BCUT2D eigenvalue weighted by atomic mass is 19.4. The topological polar surface area (TPSA) is 84.0 Å². The van der Waals surface area contributed by atoms with Gasteiger partial charge in [-0.15, -0.1) is 0 Å². The van der Waals surface area contributed by atoms with Crippen molar-refractivity contribution < 1.29 is 27.6 Å². The fourth-order valence-corrected chi connectivity index (χ4v) is 1.45. The molecule has 0 aliphatic rings. The zero-order valence-electron chi connectivity index (χ0n) is 9.35. The third-order valence-electron chi connectivity index (χ3n) is 2.30. The lowest BCUT2D eigenvalue weighted by Gasteiger charge is -2.09. The molecule has 0 atom stereocenters. The average molecular weight is 274 g/mol. The van der Waals surface area contributed by atoms with Crippen LogP contribution in [-0.2, 0) is 6.54 Å². The number of alkyl halides is 3. The average Bonchev–Trinajstić information content (AvgIpc) is 2.94. The predicted molar refractivity (Wildman–Crippen MR) is 52.7 cm³/mol. The number of aromatic nitrogens is 3. The summed E-state index contributed by atoms with van der Waals surface area (Å²) in [5.41, 5.74) is -0.106. The number of hydrogen-bond donors (Lipinski definition) is 0. The van der Waals surface area contributed by atoms with E-state index < -0.39 is 30.8 Å². The predicted octanol–water partition coefficient (Wildman–Crippen LogP) is 0.854. The van der Waals surface area contributed by atoms with Gasteiger partial charge >= 0.3 is 6.18 Å². The van der Waals surface area contributed by atoms with Gasteiger partial charge in [-0.2, -0.15) is 18.3 Å². The molecule has 0 spiro atoms. The smallest absolute Gasteiger partial charge is 0.390 e. The van der Waals surface area contributed by atoms with Crippen molar-refractivity contribution in [3.05, 3.63) is 24.1 Å². The van der Waals surface area contributed by atoms with E-state index >= 15 is 0 Å². The molecule has 6 nitrogen and oxygen atoms in total. The molecule has 2 rings (SSSR count). The van der Waals surface area contributed by atoms with E-state index in [1.54, 1.807) is 0 Å². The van der Waals surface area contributed by atoms with Gasteiger partial charge < -0.3 is 14.4 Å². The van der Waals surface area contributed by atoms with Crippen molar-refractivity contribution in [1.29, 1.82) is 0 Å². The minimum absolute atomic E-state index is 0.107. The maximum absolute atomic E-state index is 12.1. The van der Waals surface area contributed by atoms with Gasteiger partial charge in [-0.05, 0) is 6.07 Å². The van der Waals surface area contributed by atoms with E-state index in [0.717, 1.165) is 10.7 Å². The Kier molecular flexibility index (Phi) is 3.28. The van der Waals surface area contributed by atoms with E-state index in [-0.39, 0.29) is 11.4 Å². The van der Waals surface area contributed by atoms with E-state index in [2.05, 4.69) is 14.8 Å². The van der Waals surface area contributed by atoms with Crippen molar-refractivity contribution in [3.63, 3.8) is 0 Å². The van der Waals surface area contributed by atoms with Gasteiger partial charge in [0, 0.05) is 6.07 Å². The molecule has 0 unspecified atom stereocenters. The first kappa shape index (κ1) is 13.1. The lowest BCUT2D eigenvalue weighted by atomic mass is 10.3. The molecule has 0 aromatic carbocycles. The molecule has 0 saturated heterocycles. The number of nitrogens with zero attached hydrogens (tertiary/aromatic N) is 3. The molecule has 2 aromatic rings. The van der Waals surface area contributed by atoms with Gasteiger partial charge in [0.1, 0.15) is 17.7 Å². The zero-order valence-corrected chi connectivity index (χ0v) is 9.35. The van der Waals surface area contributed by atoms with Gasteiger partial charge in [-0.25, -0.2) is 0 Å². The van der Waals surface area contributed by atoms with Crippen molar-refractivity contribution in [1.82, 2.24) is 14.9 Å². The zero-order chi connectivity index (χ0) is 14.0. The van der Waals surface area contributed by atoms with Crippen molar-refractivity contribution >= 4 is 5.97 Å². The third-order valence-corrected chi connectivity index (χ3v) is 2.30. The molecule has 9 heteroatoms.